The van der Waals surface area contributed by atoms with E-state index in [0.29, 0.717) is 33.8 Å². The van der Waals surface area contributed by atoms with Crippen LogP contribution < -0.4 is 4.74 Å². The van der Waals surface area contributed by atoms with Crippen LogP contribution in [-0.2, 0) is 5.60 Å². The van der Waals surface area contributed by atoms with E-state index in [1.807, 2.05) is 12.1 Å². The summed E-state index contributed by atoms with van der Waals surface area (Å²) in [7, 11) is 0. The minimum atomic E-state index is -0.897. The van der Waals surface area contributed by atoms with E-state index in [-0.39, 0.29) is 0 Å². The van der Waals surface area contributed by atoms with Gasteiger partial charge in [0.2, 0.25) is 0 Å². The maximum atomic E-state index is 10.4. The zero-order valence-corrected chi connectivity index (χ0v) is 14.4. The van der Waals surface area contributed by atoms with Crippen molar-refractivity contribution in [1.29, 1.82) is 0 Å². The number of aliphatic hydroxyl groups is 1. The monoisotopic (exact) mass is 358 g/mol. The molecule has 0 aromatic heterocycles. The van der Waals surface area contributed by atoms with Gasteiger partial charge in [0.1, 0.15) is 11.5 Å². The standard InChI is InChI=1S/C17H17Cl3O2/c1-17(21,9-2-10-18)12-3-6-14(7-4-12)22-16-8-5-13(19)11-15(16)20/h3-8,11,21H,2,9-10H2,1H3. The van der Waals surface area contributed by atoms with Gasteiger partial charge in [0, 0.05) is 10.9 Å². The number of hydrogen-bond donors (Lipinski definition) is 1. The first-order valence-corrected chi connectivity index (χ1v) is 8.23. The van der Waals surface area contributed by atoms with Gasteiger partial charge in [-0.05, 0) is 55.7 Å². The zero-order valence-electron chi connectivity index (χ0n) is 12.2. The van der Waals surface area contributed by atoms with Gasteiger partial charge in [-0.2, -0.15) is 0 Å². The van der Waals surface area contributed by atoms with Gasteiger partial charge in [0.15, 0.2) is 0 Å². The molecule has 118 valence electrons. The van der Waals surface area contributed by atoms with Gasteiger partial charge in [-0.25, -0.2) is 0 Å². The highest BCUT2D eigenvalue weighted by Gasteiger charge is 2.22. The second-order valence-corrected chi connectivity index (χ2v) is 6.49. The van der Waals surface area contributed by atoms with E-state index in [9.17, 15) is 5.11 Å². The van der Waals surface area contributed by atoms with Gasteiger partial charge in [0.05, 0.1) is 10.6 Å². The number of hydrogen-bond acceptors (Lipinski definition) is 2. The normalized spacial score (nSPS) is 13.7. The Bertz CT molecular complexity index is 624. The van der Waals surface area contributed by atoms with Crippen LogP contribution >= 0.6 is 34.8 Å². The van der Waals surface area contributed by atoms with Crippen molar-refractivity contribution < 1.29 is 9.84 Å². The summed E-state index contributed by atoms with van der Waals surface area (Å²) in [5.74, 6) is 1.71. The molecule has 2 aromatic rings. The van der Waals surface area contributed by atoms with E-state index in [0.717, 1.165) is 12.0 Å². The largest absolute Gasteiger partial charge is 0.456 e. The molecule has 5 heteroatoms. The Hall–Kier alpha value is -0.930. The highest BCUT2D eigenvalue weighted by atomic mass is 35.5. The molecule has 0 saturated heterocycles. The third kappa shape index (κ3) is 4.53. The fourth-order valence-corrected chi connectivity index (χ4v) is 2.70. The molecule has 0 radical (unpaired) electrons. The number of alkyl halides is 1. The van der Waals surface area contributed by atoms with Crippen LogP contribution in [0.4, 0.5) is 0 Å². The first-order chi connectivity index (χ1) is 10.4. The zero-order chi connectivity index (χ0) is 16.2. The molecule has 0 aliphatic rings. The first kappa shape index (κ1) is 17.4. The number of benzene rings is 2. The summed E-state index contributed by atoms with van der Waals surface area (Å²) in [4.78, 5) is 0. The van der Waals surface area contributed by atoms with Crippen LogP contribution in [0.3, 0.4) is 0 Å². The molecule has 2 rings (SSSR count). The van der Waals surface area contributed by atoms with Crippen LogP contribution in [0.15, 0.2) is 42.5 Å². The number of halogens is 3. The van der Waals surface area contributed by atoms with Crippen LogP contribution in [0.2, 0.25) is 10.0 Å². The Morgan fingerprint density at radius 1 is 1.09 bits per heavy atom. The lowest BCUT2D eigenvalue weighted by molar-refractivity contribution is 0.0471. The Morgan fingerprint density at radius 2 is 1.77 bits per heavy atom. The van der Waals surface area contributed by atoms with Crippen molar-refractivity contribution in [2.75, 3.05) is 5.88 Å². The van der Waals surface area contributed by atoms with E-state index >= 15 is 0 Å². The molecule has 0 saturated carbocycles. The first-order valence-electron chi connectivity index (χ1n) is 6.94. The van der Waals surface area contributed by atoms with Crippen LogP contribution in [0, 0.1) is 0 Å². The lowest BCUT2D eigenvalue weighted by atomic mass is 9.91. The highest BCUT2D eigenvalue weighted by molar-refractivity contribution is 6.35. The average molecular weight is 360 g/mol. The maximum Gasteiger partial charge on any atom is 0.146 e. The van der Waals surface area contributed by atoms with Crippen LogP contribution in [0.1, 0.15) is 25.3 Å². The lowest BCUT2D eigenvalue weighted by Crippen LogP contribution is -2.21. The summed E-state index contributed by atoms with van der Waals surface area (Å²) in [5.41, 5.74) is -0.0714. The molecule has 0 amide bonds. The number of ether oxygens (including phenoxy) is 1. The highest BCUT2D eigenvalue weighted by Crippen LogP contribution is 2.33. The van der Waals surface area contributed by atoms with Crippen LogP contribution in [0.25, 0.3) is 0 Å². The van der Waals surface area contributed by atoms with Gasteiger partial charge in [-0.1, -0.05) is 35.3 Å². The fraction of sp³-hybridized carbons (Fsp3) is 0.294. The predicted octanol–water partition coefficient (Wildman–Crippen LogP) is 6.01. The molecule has 0 aliphatic carbocycles. The summed E-state index contributed by atoms with van der Waals surface area (Å²) < 4.78 is 5.72. The van der Waals surface area contributed by atoms with E-state index in [2.05, 4.69) is 0 Å². The van der Waals surface area contributed by atoms with Crippen LogP contribution in [-0.4, -0.2) is 11.0 Å². The van der Waals surface area contributed by atoms with E-state index in [1.54, 1.807) is 37.3 Å². The molecule has 1 N–H and O–H groups in total. The van der Waals surface area contributed by atoms with Crippen molar-refractivity contribution in [3.05, 3.63) is 58.1 Å². The third-order valence-electron chi connectivity index (χ3n) is 3.40. The van der Waals surface area contributed by atoms with Gasteiger partial charge in [0.25, 0.3) is 0 Å². The van der Waals surface area contributed by atoms with Crippen LogP contribution in [0.5, 0.6) is 11.5 Å². The van der Waals surface area contributed by atoms with Crippen molar-refractivity contribution in [2.24, 2.45) is 0 Å². The van der Waals surface area contributed by atoms with Gasteiger partial charge < -0.3 is 9.84 Å². The summed E-state index contributed by atoms with van der Waals surface area (Å²) in [6, 6.07) is 12.3. The fourth-order valence-electron chi connectivity index (χ4n) is 2.12. The Kier molecular flexibility index (Phi) is 5.99. The molecule has 0 bridgehead atoms. The Balaban J connectivity index is 2.12. The van der Waals surface area contributed by atoms with Crippen molar-refractivity contribution >= 4 is 34.8 Å². The van der Waals surface area contributed by atoms with Crippen molar-refractivity contribution in [2.45, 2.75) is 25.4 Å². The molecule has 2 nitrogen and oxygen atoms in total. The lowest BCUT2D eigenvalue weighted by Gasteiger charge is -2.23. The molecular weight excluding hydrogens is 343 g/mol. The summed E-state index contributed by atoms with van der Waals surface area (Å²) in [5, 5.41) is 11.4. The molecule has 0 fully saturated rings. The van der Waals surface area contributed by atoms with E-state index in [1.165, 1.54) is 0 Å². The quantitative estimate of drug-likeness (QED) is 0.640. The molecule has 1 unspecified atom stereocenters. The Morgan fingerprint density at radius 3 is 2.36 bits per heavy atom. The van der Waals surface area contributed by atoms with Gasteiger partial charge >= 0.3 is 0 Å². The number of rotatable bonds is 6. The molecule has 0 spiro atoms. The molecule has 22 heavy (non-hydrogen) atoms. The van der Waals surface area contributed by atoms with Crippen molar-refractivity contribution in [3.8, 4) is 11.5 Å². The summed E-state index contributed by atoms with van der Waals surface area (Å²) in [6.45, 7) is 1.78. The Labute approximate surface area is 145 Å². The third-order valence-corrected chi connectivity index (χ3v) is 4.19. The van der Waals surface area contributed by atoms with E-state index < -0.39 is 5.60 Å². The van der Waals surface area contributed by atoms with Crippen molar-refractivity contribution in [3.63, 3.8) is 0 Å². The molecule has 0 aliphatic heterocycles. The van der Waals surface area contributed by atoms with E-state index in [4.69, 9.17) is 39.5 Å². The van der Waals surface area contributed by atoms with Gasteiger partial charge in [-0.15, -0.1) is 11.6 Å². The summed E-state index contributed by atoms with van der Waals surface area (Å²) >= 11 is 17.6. The summed E-state index contributed by atoms with van der Waals surface area (Å²) in [6.07, 6.45) is 1.37. The molecule has 1 atom stereocenters. The minimum absolute atomic E-state index is 0.450. The molecule has 0 heterocycles. The molecular formula is C17H17Cl3O2. The second kappa shape index (κ2) is 7.56. The smallest absolute Gasteiger partial charge is 0.146 e. The average Bonchev–Trinajstić information content (AvgIpc) is 2.49. The second-order valence-electron chi connectivity index (χ2n) is 5.27. The minimum Gasteiger partial charge on any atom is -0.456 e. The van der Waals surface area contributed by atoms with Gasteiger partial charge in [-0.3, -0.25) is 0 Å². The SMILES string of the molecule is CC(O)(CCCCl)c1ccc(Oc2ccc(Cl)cc2Cl)cc1. The van der Waals surface area contributed by atoms with Crippen molar-refractivity contribution in [1.82, 2.24) is 0 Å². The molecule has 2 aromatic carbocycles. The maximum absolute atomic E-state index is 10.4. The topological polar surface area (TPSA) is 29.5 Å². The predicted molar refractivity (Wildman–Crippen MR) is 92.5 cm³/mol.